The van der Waals surface area contributed by atoms with Crippen molar-refractivity contribution in [2.75, 3.05) is 36.6 Å². The van der Waals surface area contributed by atoms with E-state index in [1.807, 2.05) is 0 Å². The molecular formula is C67H87N13O20S3. The summed E-state index contributed by atoms with van der Waals surface area (Å²) >= 11 is 9.63. The summed E-state index contributed by atoms with van der Waals surface area (Å²) in [6.45, 7) is 2.50. The normalized spacial score (nSPS) is 14.1. The van der Waals surface area contributed by atoms with Crippen LogP contribution >= 0.6 is 37.0 Å². The van der Waals surface area contributed by atoms with E-state index in [0.717, 1.165) is 5.56 Å². The molecule has 0 bridgehead atoms. The summed E-state index contributed by atoms with van der Waals surface area (Å²) in [4.78, 5) is 200. The summed E-state index contributed by atoms with van der Waals surface area (Å²) in [5, 5.41) is 77.7. The first-order valence-corrected chi connectivity index (χ1v) is 34.8. The van der Waals surface area contributed by atoms with Crippen molar-refractivity contribution in [1.82, 2.24) is 63.8 Å². The van der Waals surface area contributed by atoms with Gasteiger partial charge < -0.3 is 95.1 Å². The van der Waals surface area contributed by atoms with Gasteiger partial charge in [0.05, 0.1) is 32.0 Å². The summed E-state index contributed by atoms with van der Waals surface area (Å²) in [5.74, 6) is -17.8. The molecule has 0 saturated carbocycles. The number of nitrogens with one attached hydrogen (secondary N) is 12. The molecule has 4 aromatic carbocycles. The van der Waals surface area contributed by atoms with Crippen LogP contribution in [0.15, 0.2) is 109 Å². The lowest BCUT2D eigenvalue weighted by Crippen LogP contribution is -2.61. The Balaban J connectivity index is 1.49. The topological polar surface area (TPSA) is 528 Å². The van der Waals surface area contributed by atoms with Gasteiger partial charge in [-0.25, -0.2) is 4.79 Å². The largest absolute Gasteiger partial charge is 0.508 e. The Morgan fingerprint density at radius 3 is 1.17 bits per heavy atom. The molecule has 0 saturated heterocycles. The van der Waals surface area contributed by atoms with E-state index in [9.17, 15) is 97.5 Å². The molecule has 0 unspecified atom stereocenters. The molecule has 0 aliphatic rings. The number of carboxylic acids is 3. The van der Waals surface area contributed by atoms with Crippen molar-refractivity contribution in [1.29, 1.82) is 0 Å². The number of thiol groups is 2. The van der Waals surface area contributed by atoms with Gasteiger partial charge in [-0.1, -0.05) is 98.8 Å². The number of amides is 12. The van der Waals surface area contributed by atoms with Gasteiger partial charge in [0.2, 0.25) is 70.9 Å². The molecule has 4 aromatic rings. The second-order valence-electron chi connectivity index (χ2n) is 23.9. The summed E-state index contributed by atoms with van der Waals surface area (Å²) < 4.78 is 0. The van der Waals surface area contributed by atoms with E-state index in [1.165, 1.54) is 81.1 Å². The number of aromatic hydroxyl groups is 2. The fraction of sp³-hybridized carbons (Fsp3) is 0.418. The molecule has 558 valence electrons. The standard InChI is InChI=1S/C67H87N13O20S3/c1-35(2)56(67(99)100)80-65(97)49(30-55(87)88)77-61(93)44(23-24-103-4)74-64(96)47(28-40-17-21-42(82)22-18-40)76-66(98)51(34-102)78-57(89)36(3)71-62(94)46(27-39-15-19-41(81)20-16-39)75-63(95)45(26-38-13-9-6-10-14-38)72-52(83)31-69-59(91)48(29-54(85)86)73-53(84)32-70-60(92)50(33-101)79-58(90)43(68)25-37-11-7-5-8-12-37/h5-22,35-36,43-51,56,81-82,101-102H,23-34,68H2,1-4H3,(H,69,91)(H,70,92)(H,71,94)(H,72,83)(H,73,84)(H,74,96)(H,75,95)(H,76,98)(H,77,93)(H,78,89)(H,79,90)(H,80,97)(H,85,86)(H,87,88)(H,99,100)/t36-,43-,44-,45-,46-,47-,48-,49-,50-,51-,56-/m0/s1. The smallest absolute Gasteiger partial charge is 0.326 e. The molecule has 0 aliphatic heterocycles. The first-order valence-electron chi connectivity index (χ1n) is 32.1. The SMILES string of the molecule is CSCC[C@H](NC(=O)[C@H](Cc1ccc(O)cc1)NC(=O)[C@H](CS)NC(=O)[C@H](C)NC(=O)[C@H](Cc1ccc(O)cc1)NC(=O)[C@H](Cc1ccccc1)NC(=O)CNC(=O)[C@H](CC(=O)O)NC(=O)CNC(=O)[C@H](CS)NC(=O)[C@@H](N)Cc1ccccc1)C(=O)N[C@@H](CC(=O)O)C(=O)N[C@H](C(=O)O)C(C)C. The average molecular weight is 1490 g/mol. The van der Waals surface area contributed by atoms with Gasteiger partial charge in [0.15, 0.2) is 0 Å². The van der Waals surface area contributed by atoms with Crippen LogP contribution in [0.2, 0.25) is 0 Å². The number of rotatable bonds is 43. The highest BCUT2D eigenvalue weighted by Gasteiger charge is 2.36. The number of aliphatic carboxylic acids is 3. The molecule has 19 N–H and O–H groups in total. The molecule has 103 heavy (non-hydrogen) atoms. The van der Waals surface area contributed by atoms with Crippen LogP contribution in [0.25, 0.3) is 0 Å². The number of phenols is 2. The van der Waals surface area contributed by atoms with Gasteiger partial charge >= 0.3 is 17.9 Å². The minimum atomic E-state index is -1.82. The third-order valence-corrected chi connectivity index (χ3v) is 16.7. The molecule has 0 aromatic heterocycles. The number of carboxylic acid groups (broad SMARTS) is 3. The number of carbonyl (C=O) groups excluding carboxylic acids is 12. The summed E-state index contributed by atoms with van der Waals surface area (Å²) in [6, 6.07) is 11.3. The lowest BCUT2D eigenvalue weighted by atomic mass is 10.0. The van der Waals surface area contributed by atoms with Crippen LogP contribution in [0.4, 0.5) is 0 Å². The third kappa shape index (κ3) is 30.3. The Bertz CT molecular complexity index is 3600. The van der Waals surface area contributed by atoms with Crippen LogP contribution in [-0.2, 0) is 97.6 Å². The van der Waals surface area contributed by atoms with Gasteiger partial charge in [0.1, 0.15) is 71.9 Å². The van der Waals surface area contributed by atoms with Crippen LogP contribution < -0.4 is 69.5 Å². The second kappa shape index (κ2) is 43.4. The summed E-state index contributed by atoms with van der Waals surface area (Å²) in [7, 11) is 0. The van der Waals surface area contributed by atoms with E-state index in [4.69, 9.17) is 5.73 Å². The number of carbonyl (C=O) groups is 15. The Morgan fingerprint density at radius 2 is 0.738 bits per heavy atom. The zero-order chi connectivity index (χ0) is 76.5. The maximum atomic E-state index is 14.5. The predicted molar refractivity (Wildman–Crippen MR) is 381 cm³/mol. The molecule has 0 heterocycles. The van der Waals surface area contributed by atoms with Crippen molar-refractivity contribution >= 4 is 126 Å². The predicted octanol–water partition coefficient (Wildman–Crippen LogP) is -2.90. The molecule has 0 aliphatic carbocycles. The zero-order valence-electron chi connectivity index (χ0n) is 56.5. The van der Waals surface area contributed by atoms with Crippen LogP contribution in [-0.4, -0.2) is 217 Å². The first kappa shape index (κ1) is 85.0. The van der Waals surface area contributed by atoms with E-state index < -0.39 is 193 Å². The number of hydrogen-bond acceptors (Lipinski definition) is 21. The maximum Gasteiger partial charge on any atom is 0.326 e. The number of thioether (sulfide) groups is 1. The number of benzene rings is 4. The fourth-order valence-corrected chi connectivity index (χ4v) is 10.7. The van der Waals surface area contributed by atoms with Crippen LogP contribution in [0.5, 0.6) is 11.5 Å². The third-order valence-electron chi connectivity index (χ3n) is 15.3. The Morgan fingerprint density at radius 1 is 0.398 bits per heavy atom. The Hall–Kier alpha value is -10.5. The highest BCUT2D eigenvalue weighted by Crippen LogP contribution is 2.16. The zero-order valence-corrected chi connectivity index (χ0v) is 59.2. The fourth-order valence-electron chi connectivity index (χ4n) is 9.72. The van der Waals surface area contributed by atoms with Gasteiger partial charge in [0, 0.05) is 30.8 Å². The van der Waals surface area contributed by atoms with E-state index in [2.05, 4.69) is 89.1 Å². The van der Waals surface area contributed by atoms with Crippen molar-refractivity contribution in [3.05, 3.63) is 131 Å². The van der Waals surface area contributed by atoms with Gasteiger partial charge in [-0.3, -0.25) is 67.1 Å². The Labute approximate surface area is 607 Å². The van der Waals surface area contributed by atoms with Gasteiger partial charge in [-0.05, 0) is 84.2 Å². The maximum absolute atomic E-state index is 14.5. The van der Waals surface area contributed by atoms with Gasteiger partial charge in [-0.2, -0.15) is 37.0 Å². The number of nitrogens with two attached hydrogens (primary N) is 1. The molecule has 0 fully saturated rings. The highest BCUT2D eigenvalue weighted by molar-refractivity contribution is 7.98. The lowest BCUT2D eigenvalue weighted by Gasteiger charge is -2.27. The van der Waals surface area contributed by atoms with Crippen molar-refractivity contribution < 1.29 is 97.5 Å². The second-order valence-corrected chi connectivity index (χ2v) is 25.6. The van der Waals surface area contributed by atoms with E-state index in [-0.39, 0.29) is 55.1 Å². The number of hydrogen-bond donors (Lipinski definition) is 20. The monoisotopic (exact) mass is 1490 g/mol. The molecule has 4 rings (SSSR count). The molecule has 11 atom stereocenters. The summed E-state index contributed by atoms with van der Waals surface area (Å²) in [6.07, 6.45) is -1.09. The van der Waals surface area contributed by atoms with Crippen LogP contribution in [0, 0.1) is 5.92 Å². The van der Waals surface area contributed by atoms with Crippen molar-refractivity contribution in [2.24, 2.45) is 11.7 Å². The van der Waals surface area contributed by atoms with E-state index in [0.29, 0.717) is 16.7 Å². The molecular weight excluding hydrogens is 1400 g/mol. The van der Waals surface area contributed by atoms with Crippen LogP contribution in [0.3, 0.4) is 0 Å². The van der Waals surface area contributed by atoms with Crippen molar-refractivity contribution in [2.45, 2.75) is 132 Å². The molecule has 12 amide bonds. The minimum absolute atomic E-state index is 0.107. The van der Waals surface area contributed by atoms with Crippen molar-refractivity contribution in [3.63, 3.8) is 0 Å². The number of phenolic OH excluding ortho intramolecular Hbond substituents is 2. The quantitative estimate of drug-likeness (QED) is 0.0198. The summed E-state index contributed by atoms with van der Waals surface area (Å²) in [5.41, 5.74) is 8.03. The minimum Gasteiger partial charge on any atom is -0.508 e. The molecule has 0 radical (unpaired) electrons. The highest BCUT2D eigenvalue weighted by atomic mass is 32.2. The molecule has 0 spiro atoms. The average Bonchev–Trinajstić information content (AvgIpc) is 0.916. The van der Waals surface area contributed by atoms with E-state index >= 15 is 0 Å². The Kier molecular flexibility index (Phi) is 35.8. The van der Waals surface area contributed by atoms with Gasteiger partial charge in [-0.15, -0.1) is 0 Å². The van der Waals surface area contributed by atoms with Crippen LogP contribution in [0.1, 0.15) is 62.3 Å². The molecule has 33 nitrogen and oxygen atoms in total. The first-order chi connectivity index (χ1) is 48.8. The van der Waals surface area contributed by atoms with Gasteiger partial charge in [0.25, 0.3) is 0 Å². The van der Waals surface area contributed by atoms with Crippen molar-refractivity contribution in [3.8, 4) is 11.5 Å². The van der Waals surface area contributed by atoms with E-state index in [1.54, 1.807) is 66.9 Å². The molecule has 36 heteroatoms. The lowest BCUT2D eigenvalue weighted by molar-refractivity contribution is -0.144.